The highest BCUT2D eigenvalue weighted by Gasteiger charge is 2.34. The maximum absolute atomic E-state index is 13.4. The van der Waals surface area contributed by atoms with Gasteiger partial charge in [0.25, 0.3) is 5.56 Å². The third-order valence-electron chi connectivity index (χ3n) is 9.40. The lowest BCUT2D eigenvalue weighted by Crippen LogP contribution is -2.52. The van der Waals surface area contributed by atoms with Gasteiger partial charge in [0.15, 0.2) is 0 Å². The van der Waals surface area contributed by atoms with Crippen LogP contribution in [0.25, 0.3) is 39.0 Å². The maximum atomic E-state index is 13.4. The number of hydrogen-bond acceptors (Lipinski definition) is 7. The molecule has 12 heteroatoms. The Morgan fingerprint density at radius 3 is 2.37 bits per heavy atom. The van der Waals surface area contributed by atoms with Gasteiger partial charge in [-0.2, -0.15) is 5.10 Å². The minimum atomic E-state index is -0.105. The fraction of sp³-hybridized carbons (Fsp3) is 0.351. The monoisotopic (exact) mass is 699 g/mol. The molecule has 2 N–H and O–H groups in total. The highest BCUT2D eigenvalue weighted by Crippen LogP contribution is 2.42. The number of halogens is 2. The van der Waals surface area contributed by atoms with Crippen LogP contribution in [0.3, 0.4) is 0 Å². The van der Waals surface area contributed by atoms with Gasteiger partial charge in [-0.15, -0.1) is 0 Å². The van der Waals surface area contributed by atoms with E-state index < -0.39 is 0 Å². The van der Waals surface area contributed by atoms with Gasteiger partial charge >= 0.3 is 0 Å². The van der Waals surface area contributed by atoms with Gasteiger partial charge < -0.3 is 15.4 Å². The number of pyridine rings is 1. The fourth-order valence-electron chi connectivity index (χ4n) is 6.98. The van der Waals surface area contributed by atoms with Gasteiger partial charge in [0, 0.05) is 85.3 Å². The first-order chi connectivity index (χ1) is 23.5. The number of fused-ring (bicyclic) bond motifs is 1. The first kappa shape index (κ1) is 33.3. The fourth-order valence-corrected chi connectivity index (χ4v) is 7.64. The van der Waals surface area contributed by atoms with E-state index in [1.807, 2.05) is 60.8 Å². The Balaban J connectivity index is 1.16. The van der Waals surface area contributed by atoms with Crippen molar-refractivity contribution in [3.63, 3.8) is 0 Å². The molecule has 2 saturated heterocycles. The van der Waals surface area contributed by atoms with Crippen molar-refractivity contribution in [1.29, 1.82) is 0 Å². The number of benzene rings is 2. The summed E-state index contributed by atoms with van der Waals surface area (Å²) in [5, 5.41) is 12.2. The second-order valence-electron chi connectivity index (χ2n) is 13.8. The predicted molar refractivity (Wildman–Crippen MR) is 193 cm³/mol. The van der Waals surface area contributed by atoms with E-state index in [0.717, 1.165) is 52.9 Å². The molecule has 7 rings (SSSR count). The molecule has 254 valence electrons. The van der Waals surface area contributed by atoms with Gasteiger partial charge in [-0.25, -0.2) is 9.50 Å². The maximum Gasteiger partial charge on any atom is 0.277 e. The molecular weight excluding hydrogens is 661 g/mol. The number of carbonyl (C=O) groups is 1. The molecule has 49 heavy (non-hydrogen) atoms. The van der Waals surface area contributed by atoms with Gasteiger partial charge in [-0.05, 0) is 24.0 Å². The van der Waals surface area contributed by atoms with E-state index in [1.165, 1.54) is 0 Å². The number of amides is 1. The summed E-state index contributed by atoms with van der Waals surface area (Å²) in [4.78, 5) is 32.0. The first-order valence-electron chi connectivity index (χ1n) is 16.4. The normalized spacial score (nSPS) is 17.3. The van der Waals surface area contributed by atoms with Crippen molar-refractivity contribution < 1.29 is 9.53 Å². The number of nitrogens with one attached hydrogen (secondary N) is 2. The average Bonchev–Trinajstić information content (AvgIpc) is 3.69. The van der Waals surface area contributed by atoms with Crippen LogP contribution in [0.1, 0.15) is 38.1 Å². The summed E-state index contributed by atoms with van der Waals surface area (Å²) < 4.78 is 8.95. The number of ether oxygens (including phenoxy) is 1. The van der Waals surface area contributed by atoms with Crippen molar-refractivity contribution in [2.24, 2.45) is 12.5 Å². The largest absolute Gasteiger partial charge is 0.481 e. The summed E-state index contributed by atoms with van der Waals surface area (Å²) in [5.41, 5.74) is 6.06. The molecule has 2 aromatic carbocycles. The van der Waals surface area contributed by atoms with Crippen LogP contribution < -0.4 is 20.9 Å². The van der Waals surface area contributed by atoms with Gasteiger partial charge in [0.1, 0.15) is 11.3 Å². The Hall–Kier alpha value is -4.22. The SMILES string of the molecule is COc1nc(-c2cccc(-c3cccc(-c4cc5c(=O)n(C)c(CN6CC(C)(C)C6)nn5c4)c3Cl)c2Cl)ccc1CNC[C@@H]1CCC(=O)N1. The van der Waals surface area contributed by atoms with E-state index in [2.05, 4.69) is 29.4 Å². The summed E-state index contributed by atoms with van der Waals surface area (Å²) in [6, 6.07) is 17.5. The quantitative estimate of drug-likeness (QED) is 0.186. The molecule has 0 radical (unpaired) electrons. The lowest BCUT2D eigenvalue weighted by Gasteiger charge is -2.45. The van der Waals surface area contributed by atoms with Crippen molar-refractivity contribution in [1.82, 2.24) is 34.7 Å². The van der Waals surface area contributed by atoms with Crippen molar-refractivity contribution in [3.8, 4) is 39.4 Å². The van der Waals surface area contributed by atoms with Crippen LogP contribution in [0.4, 0.5) is 0 Å². The van der Waals surface area contributed by atoms with E-state index in [0.29, 0.717) is 59.0 Å². The molecule has 10 nitrogen and oxygen atoms in total. The van der Waals surface area contributed by atoms with Crippen molar-refractivity contribution in [2.45, 2.75) is 45.8 Å². The third-order valence-corrected chi connectivity index (χ3v) is 10.2. The molecule has 2 aliphatic rings. The molecule has 5 heterocycles. The Morgan fingerprint density at radius 2 is 1.69 bits per heavy atom. The van der Waals surface area contributed by atoms with Gasteiger partial charge in [-0.3, -0.25) is 19.1 Å². The van der Waals surface area contributed by atoms with Crippen LogP contribution in [0.15, 0.2) is 65.6 Å². The summed E-state index contributed by atoms with van der Waals surface area (Å²) in [6.07, 6.45) is 3.27. The molecule has 3 aromatic heterocycles. The first-order valence-corrected chi connectivity index (χ1v) is 17.2. The Morgan fingerprint density at radius 1 is 1.00 bits per heavy atom. The van der Waals surface area contributed by atoms with Crippen LogP contribution in [0, 0.1) is 5.41 Å². The molecule has 0 bridgehead atoms. The van der Waals surface area contributed by atoms with Crippen molar-refractivity contribution >= 4 is 34.6 Å². The zero-order valence-corrected chi connectivity index (χ0v) is 29.5. The highest BCUT2D eigenvalue weighted by atomic mass is 35.5. The molecule has 2 fully saturated rings. The topological polar surface area (TPSA) is 106 Å². The molecule has 1 atom stereocenters. The van der Waals surface area contributed by atoms with Gasteiger partial charge in [0.05, 0.1) is 29.4 Å². The minimum absolute atomic E-state index is 0.0984. The van der Waals surface area contributed by atoms with E-state index in [1.54, 1.807) is 23.2 Å². The molecule has 1 amide bonds. The van der Waals surface area contributed by atoms with Gasteiger partial charge in [0.2, 0.25) is 11.8 Å². The average molecular weight is 701 g/mol. The van der Waals surface area contributed by atoms with E-state index in [-0.39, 0.29) is 22.9 Å². The lowest BCUT2D eigenvalue weighted by atomic mass is 9.84. The van der Waals surface area contributed by atoms with Crippen molar-refractivity contribution in [2.75, 3.05) is 26.7 Å². The summed E-state index contributed by atoms with van der Waals surface area (Å²) in [6.45, 7) is 8.27. The van der Waals surface area contributed by atoms with Crippen LogP contribution >= 0.6 is 23.2 Å². The minimum Gasteiger partial charge on any atom is -0.481 e. The molecule has 2 aliphatic heterocycles. The van der Waals surface area contributed by atoms with Crippen LogP contribution in [0.5, 0.6) is 5.88 Å². The third kappa shape index (κ3) is 6.58. The zero-order valence-electron chi connectivity index (χ0n) is 28.0. The van der Waals surface area contributed by atoms with Crippen LogP contribution in [0.2, 0.25) is 10.0 Å². The second-order valence-corrected chi connectivity index (χ2v) is 14.5. The molecule has 5 aromatic rings. The molecule has 0 aliphatic carbocycles. The number of aromatic nitrogens is 4. The number of hydrogen-bond donors (Lipinski definition) is 2. The standard InChI is InChI=1S/C37H39Cl2N7O3/c1-37(2)20-45(21-37)19-31-43-46-18-23(15-30(46)36(48)44(31)3)25-7-5-8-26(33(25)38)27-9-6-10-28(34(27)39)29-13-11-22(35(42-29)49-4)16-40-17-24-12-14-32(47)41-24/h5-11,13,15,18,24,40H,12,14,16-17,19-21H2,1-4H3,(H,41,47)/t24-/m0/s1. The summed E-state index contributed by atoms with van der Waals surface area (Å²) in [5.74, 6) is 1.31. The molecule has 0 spiro atoms. The molecular formula is C37H39Cl2N7O3. The van der Waals surface area contributed by atoms with E-state index >= 15 is 0 Å². The highest BCUT2D eigenvalue weighted by molar-refractivity contribution is 6.39. The van der Waals surface area contributed by atoms with E-state index in [4.69, 9.17) is 38.0 Å². The number of methoxy groups -OCH3 is 1. The summed E-state index contributed by atoms with van der Waals surface area (Å²) >= 11 is 14.2. The summed E-state index contributed by atoms with van der Waals surface area (Å²) in [7, 11) is 3.37. The zero-order chi connectivity index (χ0) is 34.4. The number of nitrogens with zero attached hydrogens (tertiary/aromatic N) is 5. The number of likely N-dealkylation sites (tertiary alicyclic amines) is 1. The lowest BCUT2D eigenvalue weighted by molar-refractivity contribution is -0.119. The smallest absolute Gasteiger partial charge is 0.277 e. The predicted octanol–water partition coefficient (Wildman–Crippen LogP) is 5.95. The Bertz CT molecular complexity index is 2130. The molecule has 0 saturated carbocycles. The van der Waals surface area contributed by atoms with Gasteiger partial charge in [-0.1, -0.05) is 79.5 Å². The van der Waals surface area contributed by atoms with E-state index in [9.17, 15) is 9.59 Å². The van der Waals surface area contributed by atoms with Crippen LogP contribution in [-0.2, 0) is 24.9 Å². The Labute approximate surface area is 295 Å². The number of rotatable bonds is 10. The van der Waals surface area contributed by atoms with Crippen molar-refractivity contribution in [3.05, 3.63) is 92.6 Å². The van der Waals surface area contributed by atoms with Crippen LogP contribution in [-0.4, -0.2) is 62.8 Å². The number of carbonyl (C=O) groups excluding carboxylic acids is 1. The second kappa shape index (κ2) is 13.2. The molecule has 0 unspecified atom stereocenters. The Kier molecular flexibility index (Phi) is 9.00.